The number of ether oxygens (including phenoxy) is 1. The van der Waals surface area contributed by atoms with Gasteiger partial charge in [0.05, 0.1) is 13.0 Å². The summed E-state index contributed by atoms with van der Waals surface area (Å²) < 4.78 is 5.52. The Morgan fingerprint density at radius 3 is 2.59 bits per heavy atom. The highest BCUT2D eigenvalue weighted by molar-refractivity contribution is 6.30. The number of halogens is 2. The van der Waals surface area contributed by atoms with Crippen molar-refractivity contribution in [2.24, 2.45) is 5.41 Å². The fraction of sp³-hybridized carbons (Fsp3) is 0.562. The average molecular weight is 347 g/mol. The van der Waals surface area contributed by atoms with Crippen LogP contribution in [0.4, 0.5) is 0 Å². The van der Waals surface area contributed by atoms with Gasteiger partial charge >= 0.3 is 0 Å². The fourth-order valence-corrected chi connectivity index (χ4v) is 2.53. The lowest BCUT2D eigenvalue weighted by molar-refractivity contribution is -0.122. The van der Waals surface area contributed by atoms with Crippen molar-refractivity contribution >= 4 is 29.9 Å². The van der Waals surface area contributed by atoms with E-state index < -0.39 is 0 Å². The lowest BCUT2D eigenvalue weighted by atomic mass is 9.81. The van der Waals surface area contributed by atoms with Gasteiger partial charge in [-0.2, -0.15) is 0 Å². The van der Waals surface area contributed by atoms with Crippen molar-refractivity contribution < 1.29 is 9.53 Å². The van der Waals surface area contributed by atoms with E-state index in [-0.39, 0.29) is 23.7 Å². The van der Waals surface area contributed by atoms with Crippen LogP contribution < -0.4 is 15.4 Å². The molecule has 2 rings (SSSR count). The summed E-state index contributed by atoms with van der Waals surface area (Å²) in [5.74, 6) is 0.779. The van der Waals surface area contributed by atoms with E-state index in [0.717, 1.165) is 38.2 Å². The summed E-state index contributed by atoms with van der Waals surface area (Å²) in [7, 11) is 0. The zero-order valence-electron chi connectivity index (χ0n) is 12.9. The molecule has 1 aliphatic heterocycles. The first-order valence-electron chi connectivity index (χ1n) is 7.43. The van der Waals surface area contributed by atoms with Crippen LogP contribution in [0.15, 0.2) is 24.3 Å². The molecule has 1 heterocycles. The van der Waals surface area contributed by atoms with Crippen LogP contribution in [0.5, 0.6) is 5.75 Å². The Balaban J connectivity index is 0.00000242. The highest BCUT2D eigenvalue weighted by atomic mass is 35.5. The van der Waals surface area contributed by atoms with Crippen LogP contribution >= 0.6 is 24.0 Å². The van der Waals surface area contributed by atoms with E-state index in [0.29, 0.717) is 18.1 Å². The highest BCUT2D eigenvalue weighted by Gasteiger charge is 2.26. The number of rotatable bonds is 6. The van der Waals surface area contributed by atoms with E-state index in [2.05, 4.69) is 17.6 Å². The quantitative estimate of drug-likeness (QED) is 0.832. The smallest absolute Gasteiger partial charge is 0.223 e. The van der Waals surface area contributed by atoms with Crippen molar-refractivity contribution in [2.45, 2.75) is 26.2 Å². The van der Waals surface area contributed by atoms with Gasteiger partial charge in [-0.1, -0.05) is 18.5 Å². The third-order valence-electron chi connectivity index (χ3n) is 3.93. The normalized spacial score (nSPS) is 16.5. The molecule has 0 bridgehead atoms. The Labute approximate surface area is 143 Å². The van der Waals surface area contributed by atoms with Crippen molar-refractivity contribution in [2.75, 3.05) is 26.2 Å². The lowest BCUT2D eigenvalue weighted by Crippen LogP contribution is -2.43. The molecule has 1 amide bonds. The molecule has 1 saturated heterocycles. The molecule has 0 radical (unpaired) electrons. The standard InChI is InChI=1S/C16H23ClN2O2.ClH/c1-16(7-9-18-10-8-16)12-19-15(20)6-11-21-14-4-2-13(17)3-5-14;/h2-5,18H,6-12H2,1H3,(H,19,20);1H. The first kappa shape index (κ1) is 19.1. The molecule has 22 heavy (non-hydrogen) atoms. The first-order chi connectivity index (χ1) is 10.1. The average Bonchev–Trinajstić information content (AvgIpc) is 2.48. The minimum absolute atomic E-state index is 0. The molecular formula is C16H24Cl2N2O2. The van der Waals surface area contributed by atoms with Gasteiger partial charge in [0.15, 0.2) is 0 Å². The van der Waals surface area contributed by atoms with Gasteiger partial charge in [0.25, 0.3) is 0 Å². The molecule has 0 atom stereocenters. The predicted molar refractivity (Wildman–Crippen MR) is 92.0 cm³/mol. The molecule has 1 aromatic carbocycles. The molecule has 124 valence electrons. The molecule has 0 unspecified atom stereocenters. The molecule has 0 aliphatic carbocycles. The van der Waals surface area contributed by atoms with Crippen molar-refractivity contribution in [3.05, 3.63) is 29.3 Å². The Hall–Kier alpha value is -0.970. The molecule has 0 saturated carbocycles. The predicted octanol–water partition coefficient (Wildman–Crippen LogP) is 3.04. The zero-order chi connectivity index (χ0) is 15.1. The number of piperidine rings is 1. The van der Waals surface area contributed by atoms with Gasteiger partial charge in [0, 0.05) is 11.6 Å². The molecular weight excluding hydrogens is 323 g/mol. The van der Waals surface area contributed by atoms with Gasteiger partial charge in [-0.3, -0.25) is 4.79 Å². The molecule has 2 N–H and O–H groups in total. The van der Waals surface area contributed by atoms with Crippen molar-refractivity contribution in [3.8, 4) is 5.75 Å². The van der Waals surface area contributed by atoms with Gasteiger partial charge in [0.2, 0.25) is 5.91 Å². The highest BCUT2D eigenvalue weighted by Crippen LogP contribution is 2.26. The SMILES string of the molecule is CC1(CNC(=O)CCOc2ccc(Cl)cc2)CCNCC1.Cl. The van der Waals surface area contributed by atoms with Crippen LogP contribution in [0.25, 0.3) is 0 Å². The minimum atomic E-state index is 0. The summed E-state index contributed by atoms with van der Waals surface area (Å²) in [5.41, 5.74) is 0.220. The Morgan fingerprint density at radius 1 is 1.32 bits per heavy atom. The van der Waals surface area contributed by atoms with Gasteiger partial charge < -0.3 is 15.4 Å². The van der Waals surface area contributed by atoms with E-state index >= 15 is 0 Å². The summed E-state index contributed by atoms with van der Waals surface area (Å²) in [4.78, 5) is 11.8. The topological polar surface area (TPSA) is 50.4 Å². The largest absolute Gasteiger partial charge is 0.493 e. The van der Waals surface area contributed by atoms with E-state index in [9.17, 15) is 4.79 Å². The molecule has 1 aliphatic rings. The van der Waals surface area contributed by atoms with Crippen molar-refractivity contribution in [3.63, 3.8) is 0 Å². The number of nitrogens with one attached hydrogen (secondary N) is 2. The van der Waals surface area contributed by atoms with Crippen LogP contribution in [0.3, 0.4) is 0 Å². The number of amides is 1. The summed E-state index contributed by atoms with van der Waals surface area (Å²) in [6, 6.07) is 7.15. The second kappa shape index (κ2) is 9.23. The second-order valence-corrected chi connectivity index (χ2v) is 6.33. The van der Waals surface area contributed by atoms with E-state index in [1.165, 1.54) is 0 Å². The third kappa shape index (κ3) is 6.42. The van der Waals surface area contributed by atoms with Crippen LogP contribution in [0, 0.1) is 5.41 Å². The van der Waals surface area contributed by atoms with Crippen molar-refractivity contribution in [1.82, 2.24) is 10.6 Å². The van der Waals surface area contributed by atoms with Gasteiger partial charge in [-0.15, -0.1) is 12.4 Å². The number of carbonyl (C=O) groups excluding carboxylic acids is 1. The molecule has 0 spiro atoms. The molecule has 1 aromatic rings. The van der Waals surface area contributed by atoms with Crippen LogP contribution in [-0.2, 0) is 4.79 Å². The van der Waals surface area contributed by atoms with Gasteiger partial charge in [-0.05, 0) is 55.6 Å². The molecule has 4 nitrogen and oxygen atoms in total. The number of carbonyl (C=O) groups is 1. The molecule has 0 aromatic heterocycles. The van der Waals surface area contributed by atoms with Crippen LogP contribution in [-0.4, -0.2) is 32.1 Å². The minimum Gasteiger partial charge on any atom is -0.493 e. The van der Waals surface area contributed by atoms with Crippen molar-refractivity contribution in [1.29, 1.82) is 0 Å². The summed E-state index contributed by atoms with van der Waals surface area (Å²) >= 11 is 5.80. The first-order valence-corrected chi connectivity index (χ1v) is 7.81. The monoisotopic (exact) mass is 346 g/mol. The maximum atomic E-state index is 11.8. The number of hydrogen-bond acceptors (Lipinski definition) is 3. The van der Waals surface area contributed by atoms with Crippen LogP contribution in [0.2, 0.25) is 5.02 Å². The summed E-state index contributed by atoms with van der Waals surface area (Å²) in [6.07, 6.45) is 2.58. The molecule has 1 fully saturated rings. The maximum Gasteiger partial charge on any atom is 0.223 e. The van der Waals surface area contributed by atoms with E-state index in [4.69, 9.17) is 16.3 Å². The zero-order valence-corrected chi connectivity index (χ0v) is 14.4. The summed E-state index contributed by atoms with van der Waals surface area (Å²) in [5, 5.41) is 7.04. The third-order valence-corrected chi connectivity index (χ3v) is 4.19. The Morgan fingerprint density at radius 2 is 1.95 bits per heavy atom. The molecule has 6 heteroatoms. The summed E-state index contributed by atoms with van der Waals surface area (Å²) in [6.45, 7) is 5.43. The van der Waals surface area contributed by atoms with E-state index in [1.807, 2.05) is 0 Å². The van der Waals surface area contributed by atoms with Gasteiger partial charge in [0.1, 0.15) is 5.75 Å². The second-order valence-electron chi connectivity index (χ2n) is 5.89. The van der Waals surface area contributed by atoms with E-state index in [1.54, 1.807) is 24.3 Å². The maximum absolute atomic E-state index is 11.8. The number of benzene rings is 1. The Bertz CT molecular complexity index is 460. The van der Waals surface area contributed by atoms with Crippen LogP contribution in [0.1, 0.15) is 26.2 Å². The van der Waals surface area contributed by atoms with Gasteiger partial charge in [-0.25, -0.2) is 0 Å². The Kier molecular flexibility index (Phi) is 8.01. The fourth-order valence-electron chi connectivity index (χ4n) is 2.40. The lowest BCUT2D eigenvalue weighted by Gasteiger charge is -2.34. The number of hydrogen-bond donors (Lipinski definition) is 2.